The quantitative estimate of drug-likeness (QED) is 0.660. The van der Waals surface area contributed by atoms with Gasteiger partial charge >= 0.3 is 5.97 Å². The van der Waals surface area contributed by atoms with Gasteiger partial charge in [-0.1, -0.05) is 18.2 Å². The van der Waals surface area contributed by atoms with Crippen molar-refractivity contribution in [3.05, 3.63) is 36.0 Å². The zero-order chi connectivity index (χ0) is 12.6. The third kappa shape index (κ3) is 1.85. The second-order valence-electron chi connectivity index (χ2n) is 3.19. The lowest BCUT2D eigenvalue weighted by atomic mass is 10.1. The molecule has 15 heavy (non-hydrogen) atoms. The molecule has 1 aromatic heterocycles. The van der Waals surface area contributed by atoms with Crippen molar-refractivity contribution in [2.24, 2.45) is 5.73 Å². The van der Waals surface area contributed by atoms with Crippen LogP contribution < -0.4 is 5.73 Å². The van der Waals surface area contributed by atoms with E-state index in [-0.39, 0.29) is 0 Å². The van der Waals surface area contributed by atoms with Crippen molar-refractivity contribution >= 4 is 16.9 Å². The molecule has 2 rings (SSSR count). The molecule has 4 heteroatoms. The van der Waals surface area contributed by atoms with Crippen LogP contribution in [0.15, 0.2) is 30.5 Å². The van der Waals surface area contributed by atoms with E-state index in [1.807, 2.05) is 12.1 Å². The van der Waals surface area contributed by atoms with Gasteiger partial charge in [-0.25, -0.2) is 0 Å². The molecule has 0 aliphatic heterocycles. The molecule has 4 nitrogen and oxygen atoms in total. The number of rotatable bonds is 3. The average molecular weight is 207 g/mol. The minimum atomic E-state index is -2.36. The van der Waals surface area contributed by atoms with Gasteiger partial charge in [0.2, 0.25) is 0 Å². The molecule has 4 N–H and O–H groups in total. The van der Waals surface area contributed by atoms with Crippen LogP contribution in [-0.2, 0) is 11.2 Å². The number of nitrogens with two attached hydrogens (primary N) is 1. The van der Waals surface area contributed by atoms with Gasteiger partial charge in [-0.2, -0.15) is 0 Å². The Balaban J connectivity index is 2.50. The van der Waals surface area contributed by atoms with Crippen LogP contribution in [0.5, 0.6) is 0 Å². The van der Waals surface area contributed by atoms with Gasteiger partial charge in [0.25, 0.3) is 0 Å². The van der Waals surface area contributed by atoms with Crippen LogP contribution in [-0.4, -0.2) is 22.1 Å². The Labute approximate surface area is 89.5 Å². The molecule has 0 bridgehead atoms. The Hall–Kier alpha value is -1.81. The van der Waals surface area contributed by atoms with Crippen LogP contribution in [0.2, 0.25) is 0 Å². The fraction of sp³-hybridized carbons (Fsp3) is 0.182. The Kier molecular flexibility index (Phi) is 1.87. The Morgan fingerprint density at radius 1 is 1.67 bits per heavy atom. The second kappa shape index (κ2) is 3.74. The number of H-pyrrole nitrogens is 1. The zero-order valence-corrected chi connectivity index (χ0v) is 7.90. The number of nitrogens with one attached hydrogen (secondary N) is 1. The first kappa shape index (κ1) is 7.48. The summed E-state index contributed by atoms with van der Waals surface area (Å²) in [6.45, 7) is 0. The molecular formula is C11H12N2O2. The topological polar surface area (TPSA) is 79.1 Å². The van der Waals surface area contributed by atoms with Gasteiger partial charge in [0, 0.05) is 24.9 Å². The van der Waals surface area contributed by atoms with Gasteiger partial charge in [0.1, 0.15) is 6.02 Å². The highest BCUT2D eigenvalue weighted by Gasteiger charge is 2.14. The summed E-state index contributed by atoms with van der Waals surface area (Å²) in [6.07, 6.45) is 0.178. The molecule has 2 atom stereocenters. The predicted octanol–water partition coefficient (Wildman–Crippen LogP) is 1.12. The van der Waals surface area contributed by atoms with Crippen LogP contribution in [0, 0.1) is 0 Å². The van der Waals surface area contributed by atoms with Gasteiger partial charge in [0.15, 0.2) is 0 Å². The number of carbonyl (C=O) groups is 1. The lowest BCUT2D eigenvalue weighted by Gasteiger charge is -2.04. The van der Waals surface area contributed by atoms with E-state index in [9.17, 15) is 4.79 Å². The first-order valence-corrected chi connectivity index (χ1v) is 4.45. The maximum atomic E-state index is 10.9. The largest absolute Gasteiger partial charge is 0.480 e. The summed E-state index contributed by atoms with van der Waals surface area (Å²) < 4.78 is 15.3. The number of aromatic amines is 1. The van der Waals surface area contributed by atoms with Crippen molar-refractivity contribution in [2.75, 3.05) is 0 Å². The maximum Gasteiger partial charge on any atom is 0.320 e. The molecule has 0 spiro atoms. The van der Waals surface area contributed by atoms with E-state index in [1.165, 1.54) is 6.20 Å². The highest BCUT2D eigenvalue weighted by Crippen LogP contribution is 2.18. The van der Waals surface area contributed by atoms with Crippen molar-refractivity contribution in [1.82, 2.24) is 4.98 Å². The molecule has 0 saturated heterocycles. The first-order valence-electron chi connectivity index (χ1n) is 5.53. The zero-order valence-electron chi connectivity index (χ0n) is 9.90. The Bertz CT molecular complexity index is 565. The van der Waals surface area contributed by atoms with Gasteiger partial charge in [-0.3, -0.25) is 4.79 Å². The van der Waals surface area contributed by atoms with Crippen LogP contribution in [0.1, 0.15) is 8.30 Å². The number of hydrogen-bond donors (Lipinski definition) is 3. The summed E-state index contributed by atoms with van der Waals surface area (Å²) in [5.74, 6) is -1.51. The minimum absolute atomic E-state index is 0.417. The van der Waals surface area contributed by atoms with E-state index in [1.54, 1.807) is 12.1 Å². The van der Waals surface area contributed by atoms with Gasteiger partial charge in [-0.05, 0) is 11.6 Å². The van der Waals surface area contributed by atoms with E-state index in [2.05, 4.69) is 4.98 Å². The van der Waals surface area contributed by atoms with Crippen molar-refractivity contribution in [3.8, 4) is 0 Å². The highest BCUT2D eigenvalue weighted by molar-refractivity contribution is 5.84. The van der Waals surface area contributed by atoms with Crippen LogP contribution >= 0.6 is 0 Å². The summed E-state index contributed by atoms with van der Waals surface area (Å²) in [5.41, 5.74) is 6.56. The predicted molar refractivity (Wildman–Crippen MR) is 57.6 cm³/mol. The Morgan fingerprint density at radius 2 is 2.40 bits per heavy atom. The number of aromatic nitrogens is 1. The van der Waals surface area contributed by atoms with E-state index in [4.69, 9.17) is 13.6 Å². The molecule has 1 aromatic carbocycles. The molecular weight excluding hydrogens is 193 g/mol. The number of carboxylic acids is 1. The second-order valence-corrected chi connectivity index (χ2v) is 3.19. The molecule has 0 radical (unpaired) electrons. The third-order valence-corrected chi connectivity index (χ3v) is 2.18. The van der Waals surface area contributed by atoms with E-state index < -0.39 is 18.4 Å². The average Bonchev–Trinajstić information content (AvgIpc) is 2.71. The molecule has 0 unspecified atom stereocenters. The maximum absolute atomic E-state index is 10.9. The Morgan fingerprint density at radius 3 is 3.13 bits per heavy atom. The van der Waals surface area contributed by atoms with E-state index in [0.29, 0.717) is 5.56 Å². The molecule has 0 aliphatic carbocycles. The normalized spacial score (nSPS) is 19.0. The van der Waals surface area contributed by atoms with Gasteiger partial charge in [0.05, 0.1) is 1.37 Å². The summed E-state index contributed by atoms with van der Waals surface area (Å²) in [4.78, 5) is 13.8. The molecule has 0 aliphatic rings. The van der Waals surface area contributed by atoms with Crippen molar-refractivity contribution < 1.29 is 12.6 Å². The van der Waals surface area contributed by atoms with E-state index in [0.717, 1.165) is 10.9 Å². The molecule has 0 saturated carbocycles. The first-order chi connectivity index (χ1) is 7.94. The van der Waals surface area contributed by atoms with E-state index >= 15 is 0 Å². The third-order valence-electron chi connectivity index (χ3n) is 2.18. The lowest BCUT2D eigenvalue weighted by Crippen LogP contribution is -2.32. The molecule has 2 aromatic rings. The van der Waals surface area contributed by atoms with Crippen molar-refractivity contribution in [1.29, 1.82) is 0 Å². The molecule has 78 valence electrons. The lowest BCUT2D eigenvalue weighted by molar-refractivity contribution is -0.138. The van der Waals surface area contributed by atoms with Crippen LogP contribution in [0.25, 0.3) is 10.9 Å². The standard InChI is InChI=1S/C11H12N2O2/c12-9(11(14)15)5-7-6-13-10-4-2-1-3-8(7)10/h1-4,6,9,13H,5,12H2,(H,14,15)/t9-/m0/s1/i5D,9D,11+1/t5-,9+/m1. The summed E-state index contributed by atoms with van der Waals surface area (Å²) >= 11 is 0. The van der Waals surface area contributed by atoms with Crippen LogP contribution in [0.3, 0.4) is 0 Å². The minimum Gasteiger partial charge on any atom is -0.480 e. The number of benzene rings is 1. The SMILES string of the molecule is [2H][C@H](c1c[nH]c2ccccc12)[C@]([2H])(N)[13C](=O)O. The smallest absolute Gasteiger partial charge is 0.320 e. The molecule has 0 fully saturated rings. The number of aliphatic carboxylic acids is 1. The monoisotopic (exact) mass is 207 g/mol. The van der Waals surface area contributed by atoms with Crippen LogP contribution in [0.4, 0.5) is 0 Å². The highest BCUT2D eigenvalue weighted by atomic mass is 16.5. The number of carboxylic acid groups (broad SMARTS) is 1. The summed E-state index contributed by atoms with van der Waals surface area (Å²) in [7, 11) is 0. The summed E-state index contributed by atoms with van der Waals surface area (Å²) in [5, 5.41) is 9.56. The van der Waals surface area contributed by atoms with Crippen molar-refractivity contribution in [3.63, 3.8) is 0 Å². The number of fused-ring (bicyclic) bond motifs is 1. The number of para-hydroxylation sites is 1. The summed E-state index contributed by atoms with van der Waals surface area (Å²) in [6, 6.07) is 4.84. The molecule has 1 heterocycles. The molecule has 0 amide bonds. The fourth-order valence-electron chi connectivity index (χ4n) is 1.44. The van der Waals surface area contributed by atoms with Crippen molar-refractivity contribution in [2.45, 2.75) is 12.4 Å². The van der Waals surface area contributed by atoms with Gasteiger partial charge in [-0.15, -0.1) is 0 Å². The van der Waals surface area contributed by atoms with Gasteiger partial charge < -0.3 is 15.8 Å². The fourth-order valence-corrected chi connectivity index (χ4v) is 1.44. The number of hydrogen-bond acceptors (Lipinski definition) is 2.